The molecule has 1 aliphatic heterocycles. The molecule has 1 atom stereocenters. The van der Waals surface area contributed by atoms with Crippen molar-refractivity contribution in [2.45, 2.75) is 25.5 Å². The van der Waals surface area contributed by atoms with Crippen LogP contribution in [0.2, 0.25) is 0 Å². The minimum absolute atomic E-state index is 0.00884. The predicted octanol–water partition coefficient (Wildman–Crippen LogP) is 3.45. The van der Waals surface area contributed by atoms with Gasteiger partial charge >= 0.3 is 0 Å². The number of fused-ring (bicyclic) bond motifs is 3. The molecule has 0 aliphatic carbocycles. The molecule has 1 aliphatic rings. The van der Waals surface area contributed by atoms with E-state index in [1.54, 1.807) is 4.57 Å². The lowest BCUT2D eigenvalue weighted by molar-refractivity contribution is 0.0957. The number of hydrogen-bond donors (Lipinski definition) is 1. The molecule has 4 nitrogen and oxygen atoms in total. The number of benzene rings is 1. The second-order valence-electron chi connectivity index (χ2n) is 5.28. The number of nitrogens with one attached hydrogen (secondary N) is 1. The van der Waals surface area contributed by atoms with Crippen LogP contribution in [0.4, 0.5) is 0 Å². The highest BCUT2D eigenvalue weighted by atomic mass is 32.1. The lowest BCUT2D eigenvalue weighted by Gasteiger charge is -2.11. The molecular weight excluding hydrogens is 304 g/mol. The molecule has 21 heavy (non-hydrogen) atoms. The van der Waals surface area contributed by atoms with Crippen molar-refractivity contribution in [2.24, 2.45) is 0 Å². The predicted molar refractivity (Wildman–Crippen MR) is 87.7 cm³/mol. The van der Waals surface area contributed by atoms with Crippen LogP contribution in [0.3, 0.4) is 0 Å². The molecule has 1 saturated heterocycles. The van der Waals surface area contributed by atoms with Gasteiger partial charge in [-0.05, 0) is 31.1 Å². The maximum absolute atomic E-state index is 12.7. The molecule has 0 saturated carbocycles. The van der Waals surface area contributed by atoms with E-state index in [0.717, 1.165) is 39.8 Å². The van der Waals surface area contributed by atoms with Gasteiger partial charge in [-0.3, -0.25) is 9.36 Å². The Balaban J connectivity index is 1.94. The maximum Gasteiger partial charge on any atom is 0.272 e. The summed E-state index contributed by atoms with van der Waals surface area (Å²) in [6, 6.07) is 8.00. The van der Waals surface area contributed by atoms with Gasteiger partial charge in [0.15, 0.2) is 4.77 Å². The first kappa shape index (κ1) is 13.2. The minimum Gasteiger partial charge on any atom is -0.376 e. The van der Waals surface area contributed by atoms with Crippen molar-refractivity contribution in [2.75, 3.05) is 6.61 Å². The molecule has 3 aromatic rings. The van der Waals surface area contributed by atoms with Crippen LogP contribution in [0, 0.1) is 4.77 Å². The second kappa shape index (κ2) is 5.05. The van der Waals surface area contributed by atoms with Gasteiger partial charge in [-0.1, -0.05) is 18.2 Å². The van der Waals surface area contributed by atoms with Crippen LogP contribution in [0.1, 0.15) is 12.8 Å². The van der Waals surface area contributed by atoms with E-state index in [4.69, 9.17) is 17.0 Å². The number of aromatic amines is 1. The van der Waals surface area contributed by atoms with Crippen LogP contribution in [0.25, 0.3) is 20.3 Å². The number of thiophene rings is 1. The highest BCUT2D eigenvalue weighted by molar-refractivity contribution is 7.71. The molecule has 2 aromatic heterocycles. The van der Waals surface area contributed by atoms with Crippen molar-refractivity contribution in [3.05, 3.63) is 39.4 Å². The Bertz CT molecular complexity index is 932. The number of hydrogen-bond acceptors (Lipinski definition) is 4. The summed E-state index contributed by atoms with van der Waals surface area (Å²) in [4.78, 5) is 16.0. The van der Waals surface area contributed by atoms with Gasteiger partial charge in [0, 0.05) is 16.7 Å². The monoisotopic (exact) mass is 318 g/mol. The van der Waals surface area contributed by atoms with E-state index in [9.17, 15) is 4.79 Å². The highest BCUT2D eigenvalue weighted by Crippen LogP contribution is 2.30. The van der Waals surface area contributed by atoms with Gasteiger partial charge in [-0.15, -0.1) is 11.3 Å². The molecule has 4 rings (SSSR count). The van der Waals surface area contributed by atoms with E-state index in [1.807, 2.05) is 24.3 Å². The highest BCUT2D eigenvalue weighted by Gasteiger charge is 2.19. The molecule has 0 amide bonds. The molecule has 1 unspecified atom stereocenters. The second-order valence-corrected chi connectivity index (χ2v) is 6.72. The first-order valence-electron chi connectivity index (χ1n) is 7.00. The zero-order valence-electron chi connectivity index (χ0n) is 11.3. The largest absolute Gasteiger partial charge is 0.376 e. The van der Waals surface area contributed by atoms with E-state index in [2.05, 4.69) is 4.98 Å². The van der Waals surface area contributed by atoms with Crippen LogP contribution in [-0.4, -0.2) is 22.3 Å². The van der Waals surface area contributed by atoms with E-state index >= 15 is 0 Å². The summed E-state index contributed by atoms with van der Waals surface area (Å²) in [6.45, 7) is 1.32. The maximum atomic E-state index is 12.7. The van der Waals surface area contributed by atoms with E-state index in [0.29, 0.717) is 11.3 Å². The van der Waals surface area contributed by atoms with Crippen LogP contribution in [0.5, 0.6) is 0 Å². The first-order chi connectivity index (χ1) is 10.2. The Morgan fingerprint density at radius 2 is 2.29 bits per heavy atom. The molecule has 3 heterocycles. The van der Waals surface area contributed by atoms with Gasteiger partial charge in [0.25, 0.3) is 5.56 Å². The van der Waals surface area contributed by atoms with E-state index in [-0.39, 0.29) is 11.7 Å². The third-order valence-electron chi connectivity index (χ3n) is 3.92. The van der Waals surface area contributed by atoms with Crippen LogP contribution in [0.15, 0.2) is 29.1 Å². The third-order valence-corrected chi connectivity index (χ3v) is 5.40. The van der Waals surface area contributed by atoms with Gasteiger partial charge < -0.3 is 9.72 Å². The average molecular weight is 318 g/mol. The zero-order chi connectivity index (χ0) is 14.4. The van der Waals surface area contributed by atoms with Crippen LogP contribution < -0.4 is 5.56 Å². The molecule has 0 spiro atoms. The standard InChI is InChI=1S/C15H14N2O2S2/c18-14-13-12(10-5-1-2-6-11(10)21-13)16-15(20)17(14)8-9-4-3-7-19-9/h1-2,5-6,9H,3-4,7-8H2,(H,16,20). The number of H-pyrrole nitrogens is 1. The van der Waals surface area contributed by atoms with Gasteiger partial charge in [-0.25, -0.2) is 0 Å². The van der Waals surface area contributed by atoms with Gasteiger partial charge in [0.05, 0.1) is 18.2 Å². The molecule has 6 heteroatoms. The van der Waals surface area contributed by atoms with Crippen molar-refractivity contribution in [1.29, 1.82) is 0 Å². The molecule has 0 bridgehead atoms. The summed E-state index contributed by atoms with van der Waals surface area (Å²) in [5, 5.41) is 1.06. The van der Waals surface area contributed by atoms with E-state index < -0.39 is 0 Å². The number of rotatable bonds is 2. The van der Waals surface area contributed by atoms with Crippen LogP contribution in [-0.2, 0) is 11.3 Å². The number of ether oxygens (including phenoxy) is 1. The molecule has 1 N–H and O–H groups in total. The Morgan fingerprint density at radius 3 is 3.10 bits per heavy atom. The summed E-state index contributed by atoms with van der Waals surface area (Å²) >= 11 is 6.90. The normalized spacial score (nSPS) is 18.8. The topological polar surface area (TPSA) is 47.0 Å². The smallest absolute Gasteiger partial charge is 0.272 e. The lowest BCUT2D eigenvalue weighted by atomic mass is 10.2. The minimum atomic E-state index is -0.00884. The summed E-state index contributed by atoms with van der Waals surface area (Å²) in [5.74, 6) is 0. The summed E-state index contributed by atoms with van der Waals surface area (Å²) in [7, 11) is 0. The molecule has 1 fully saturated rings. The number of nitrogens with zero attached hydrogens (tertiary/aromatic N) is 1. The zero-order valence-corrected chi connectivity index (χ0v) is 12.9. The van der Waals surface area contributed by atoms with Crippen molar-refractivity contribution < 1.29 is 4.74 Å². The van der Waals surface area contributed by atoms with Gasteiger partial charge in [-0.2, -0.15) is 0 Å². The SMILES string of the molecule is O=c1c2sc3ccccc3c2[nH]c(=S)n1CC1CCCO1. The fourth-order valence-corrected chi connectivity index (χ4v) is 4.23. The van der Waals surface area contributed by atoms with E-state index in [1.165, 1.54) is 11.3 Å². The summed E-state index contributed by atoms with van der Waals surface area (Å²) in [6.07, 6.45) is 2.15. The van der Waals surface area contributed by atoms with Crippen LogP contribution >= 0.6 is 23.6 Å². The fourth-order valence-electron chi connectivity index (χ4n) is 2.87. The fraction of sp³-hybridized carbons (Fsp3) is 0.333. The van der Waals surface area contributed by atoms with Crippen molar-refractivity contribution in [3.63, 3.8) is 0 Å². The quantitative estimate of drug-likeness (QED) is 0.736. The van der Waals surface area contributed by atoms with Gasteiger partial charge in [0.1, 0.15) is 4.70 Å². The molecule has 1 aromatic carbocycles. The Hall–Kier alpha value is -1.50. The van der Waals surface area contributed by atoms with Crippen molar-refractivity contribution in [3.8, 4) is 0 Å². The molecular formula is C15H14N2O2S2. The number of aromatic nitrogens is 2. The third kappa shape index (κ3) is 2.14. The van der Waals surface area contributed by atoms with Crippen molar-refractivity contribution in [1.82, 2.24) is 9.55 Å². The Labute approximate surface area is 130 Å². The van der Waals surface area contributed by atoms with Gasteiger partial charge in [0.2, 0.25) is 0 Å². The van der Waals surface area contributed by atoms with Crippen molar-refractivity contribution >= 4 is 43.9 Å². The molecule has 0 radical (unpaired) electrons. The summed E-state index contributed by atoms with van der Waals surface area (Å²) in [5.41, 5.74) is 0.847. The molecule has 108 valence electrons. The lowest BCUT2D eigenvalue weighted by Crippen LogP contribution is -2.27. The first-order valence-corrected chi connectivity index (χ1v) is 8.22. The Morgan fingerprint density at radius 1 is 1.43 bits per heavy atom. The summed E-state index contributed by atoms with van der Waals surface area (Å²) < 4.78 is 9.58. The average Bonchev–Trinajstić information content (AvgIpc) is 3.11. The Kier molecular flexibility index (Phi) is 3.17.